The molecule has 5 heteroatoms. The minimum Gasteiger partial charge on any atom is -0.481 e. The smallest absolute Gasteiger partial charge is 0.306 e. The Kier molecular flexibility index (Phi) is 6.69. The molecule has 0 aliphatic heterocycles. The van der Waals surface area contributed by atoms with Crippen molar-refractivity contribution in [2.45, 2.75) is 33.6 Å². The van der Waals surface area contributed by atoms with Gasteiger partial charge in [0.2, 0.25) is 5.91 Å². The first kappa shape index (κ1) is 17.5. The molecule has 1 aromatic rings. The fourth-order valence-electron chi connectivity index (χ4n) is 2.28. The van der Waals surface area contributed by atoms with Gasteiger partial charge in [-0.2, -0.15) is 0 Å². The lowest BCUT2D eigenvalue weighted by Gasteiger charge is -2.21. The molecule has 0 radical (unpaired) electrons. The van der Waals surface area contributed by atoms with Gasteiger partial charge in [-0.15, -0.1) is 0 Å². The van der Waals surface area contributed by atoms with Gasteiger partial charge in [0.25, 0.3) is 0 Å². The SMILES string of the molecule is CC(C)CC(C(=O)O)C(C)CC(=O)Nc1ccccc1Cl. The molecule has 0 bridgehead atoms. The summed E-state index contributed by atoms with van der Waals surface area (Å²) in [5.74, 6) is -1.53. The van der Waals surface area contributed by atoms with E-state index in [1.54, 1.807) is 31.2 Å². The minimum absolute atomic E-state index is 0.162. The molecule has 0 aliphatic carbocycles. The van der Waals surface area contributed by atoms with Crippen molar-refractivity contribution in [1.82, 2.24) is 0 Å². The highest BCUT2D eigenvalue weighted by Gasteiger charge is 2.27. The van der Waals surface area contributed by atoms with Crippen LogP contribution in [0.25, 0.3) is 0 Å². The molecule has 0 heterocycles. The Morgan fingerprint density at radius 3 is 2.38 bits per heavy atom. The molecule has 2 N–H and O–H groups in total. The first-order chi connectivity index (χ1) is 9.81. The van der Waals surface area contributed by atoms with Crippen LogP contribution in [0.3, 0.4) is 0 Å². The van der Waals surface area contributed by atoms with Gasteiger partial charge in [-0.05, 0) is 30.4 Å². The van der Waals surface area contributed by atoms with Crippen molar-refractivity contribution in [3.05, 3.63) is 29.3 Å². The van der Waals surface area contributed by atoms with E-state index in [1.165, 1.54) is 0 Å². The molecule has 116 valence electrons. The van der Waals surface area contributed by atoms with E-state index in [2.05, 4.69) is 5.32 Å². The normalized spacial score (nSPS) is 13.8. The molecule has 0 saturated carbocycles. The van der Waals surface area contributed by atoms with Gasteiger partial charge in [0.05, 0.1) is 16.6 Å². The minimum atomic E-state index is -0.846. The van der Waals surface area contributed by atoms with Gasteiger partial charge in [-0.3, -0.25) is 9.59 Å². The molecule has 0 aliphatic rings. The standard InChI is InChI=1S/C16H22ClNO3/c1-10(2)8-12(16(20)21)11(3)9-15(19)18-14-7-5-4-6-13(14)17/h4-7,10-12H,8-9H2,1-3H3,(H,18,19)(H,20,21). The van der Waals surface area contributed by atoms with Crippen LogP contribution in [-0.4, -0.2) is 17.0 Å². The van der Waals surface area contributed by atoms with E-state index in [0.29, 0.717) is 17.1 Å². The fraction of sp³-hybridized carbons (Fsp3) is 0.500. The molecule has 2 atom stereocenters. The third-order valence-electron chi connectivity index (χ3n) is 3.38. The zero-order valence-corrected chi connectivity index (χ0v) is 13.4. The number of hydrogen-bond acceptors (Lipinski definition) is 2. The highest BCUT2D eigenvalue weighted by atomic mass is 35.5. The third kappa shape index (κ3) is 5.76. The number of carbonyl (C=O) groups excluding carboxylic acids is 1. The molecule has 0 fully saturated rings. The van der Waals surface area contributed by atoms with Gasteiger partial charge in [-0.25, -0.2) is 0 Å². The number of carbonyl (C=O) groups is 2. The predicted molar refractivity (Wildman–Crippen MR) is 84.4 cm³/mol. The number of para-hydroxylation sites is 1. The number of aliphatic carboxylic acids is 1. The molecule has 4 nitrogen and oxygen atoms in total. The van der Waals surface area contributed by atoms with Crippen molar-refractivity contribution < 1.29 is 14.7 Å². The van der Waals surface area contributed by atoms with Crippen LogP contribution in [0, 0.1) is 17.8 Å². The third-order valence-corrected chi connectivity index (χ3v) is 3.71. The fourth-order valence-corrected chi connectivity index (χ4v) is 2.47. The molecule has 2 unspecified atom stereocenters. The molecule has 1 rings (SSSR count). The largest absolute Gasteiger partial charge is 0.481 e. The van der Waals surface area contributed by atoms with E-state index in [9.17, 15) is 14.7 Å². The number of halogens is 1. The Labute approximate surface area is 130 Å². The zero-order valence-electron chi connectivity index (χ0n) is 12.6. The summed E-state index contributed by atoms with van der Waals surface area (Å²) < 4.78 is 0. The van der Waals surface area contributed by atoms with Crippen LogP contribution < -0.4 is 5.32 Å². The number of anilines is 1. The maximum Gasteiger partial charge on any atom is 0.306 e. The van der Waals surface area contributed by atoms with Crippen LogP contribution in [0.5, 0.6) is 0 Å². The maximum atomic E-state index is 12.0. The highest BCUT2D eigenvalue weighted by Crippen LogP contribution is 2.25. The van der Waals surface area contributed by atoms with E-state index in [1.807, 2.05) is 13.8 Å². The van der Waals surface area contributed by atoms with Crippen molar-refractivity contribution in [3.63, 3.8) is 0 Å². The van der Waals surface area contributed by atoms with E-state index < -0.39 is 11.9 Å². The average molecular weight is 312 g/mol. The van der Waals surface area contributed by atoms with Crippen LogP contribution in [0.4, 0.5) is 5.69 Å². The maximum absolute atomic E-state index is 12.0. The van der Waals surface area contributed by atoms with E-state index in [0.717, 1.165) is 0 Å². The summed E-state index contributed by atoms with van der Waals surface area (Å²) in [6.45, 7) is 5.76. The summed E-state index contributed by atoms with van der Waals surface area (Å²) in [4.78, 5) is 23.3. The summed E-state index contributed by atoms with van der Waals surface area (Å²) in [6, 6.07) is 6.97. The number of nitrogens with one attached hydrogen (secondary N) is 1. The number of carboxylic acids is 1. The lowest BCUT2D eigenvalue weighted by Crippen LogP contribution is -2.27. The Morgan fingerprint density at radius 1 is 1.24 bits per heavy atom. The Balaban J connectivity index is 2.64. The quantitative estimate of drug-likeness (QED) is 0.798. The number of carboxylic acid groups (broad SMARTS) is 1. The Bertz CT molecular complexity index is 502. The monoisotopic (exact) mass is 311 g/mol. The zero-order chi connectivity index (χ0) is 16.0. The molecule has 21 heavy (non-hydrogen) atoms. The van der Waals surface area contributed by atoms with E-state index >= 15 is 0 Å². The van der Waals surface area contributed by atoms with E-state index in [-0.39, 0.29) is 24.2 Å². The average Bonchev–Trinajstić information content (AvgIpc) is 2.38. The second-order valence-electron chi connectivity index (χ2n) is 5.78. The topological polar surface area (TPSA) is 66.4 Å². The lowest BCUT2D eigenvalue weighted by molar-refractivity contribution is -0.144. The molecular formula is C16H22ClNO3. The number of hydrogen-bond donors (Lipinski definition) is 2. The van der Waals surface area contributed by atoms with Crippen LogP contribution in [0.2, 0.25) is 5.02 Å². The summed E-state index contributed by atoms with van der Waals surface area (Å²) in [6.07, 6.45) is 0.727. The Morgan fingerprint density at radius 2 is 1.86 bits per heavy atom. The van der Waals surface area contributed by atoms with Gasteiger partial charge >= 0.3 is 5.97 Å². The number of amides is 1. The lowest BCUT2D eigenvalue weighted by atomic mass is 9.84. The first-order valence-electron chi connectivity index (χ1n) is 7.08. The summed E-state index contributed by atoms with van der Waals surface area (Å²) >= 11 is 5.98. The van der Waals surface area contributed by atoms with E-state index in [4.69, 9.17) is 11.6 Å². The van der Waals surface area contributed by atoms with Gasteiger partial charge in [0.15, 0.2) is 0 Å². The van der Waals surface area contributed by atoms with Gasteiger partial charge in [0.1, 0.15) is 0 Å². The van der Waals surface area contributed by atoms with Crippen LogP contribution >= 0.6 is 11.6 Å². The van der Waals surface area contributed by atoms with Crippen molar-refractivity contribution >= 4 is 29.2 Å². The van der Waals surface area contributed by atoms with Crippen molar-refractivity contribution in [3.8, 4) is 0 Å². The second-order valence-corrected chi connectivity index (χ2v) is 6.19. The highest BCUT2D eigenvalue weighted by molar-refractivity contribution is 6.33. The molecule has 0 spiro atoms. The van der Waals surface area contributed by atoms with Crippen molar-refractivity contribution in [2.75, 3.05) is 5.32 Å². The summed E-state index contributed by atoms with van der Waals surface area (Å²) in [5.41, 5.74) is 0.548. The van der Waals surface area contributed by atoms with Crippen LogP contribution in [0.15, 0.2) is 24.3 Å². The predicted octanol–water partition coefficient (Wildman–Crippen LogP) is 4.05. The Hall–Kier alpha value is -1.55. The molecule has 0 aromatic heterocycles. The van der Waals surface area contributed by atoms with Gasteiger partial charge < -0.3 is 10.4 Å². The first-order valence-corrected chi connectivity index (χ1v) is 7.46. The molecule has 0 saturated heterocycles. The van der Waals surface area contributed by atoms with Gasteiger partial charge in [0, 0.05) is 6.42 Å². The van der Waals surface area contributed by atoms with Crippen molar-refractivity contribution in [2.24, 2.45) is 17.8 Å². The number of benzene rings is 1. The second kappa shape index (κ2) is 8.03. The molecule has 1 amide bonds. The molecule has 1 aromatic carbocycles. The van der Waals surface area contributed by atoms with Crippen molar-refractivity contribution in [1.29, 1.82) is 0 Å². The van der Waals surface area contributed by atoms with Gasteiger partial charge in [-0.1, -0.05) is 44.5 Å². The molecular weight excluding hydrogens is 290 g/mol. The van der Waals surface area contributed by atoms with Crippen LogP contribution in [-0.2, 0) is 9.59 Å². The van der Waals surface area contributed by atoms with Crippen LogP contribution in [0.1, 0.15) is 33.6 Å². The number of rotatable bonds is 7. The summed E-state index contributed by atoms with van der Waals surface area (Å²) in [5, 5.41) is 12.5. The summed E-state index contributed by atoms with van der Waals surface area (Å²) in [7, 11) is 0.